The van der Waals surface area contributed by atoms with Gasteiger partial charge in [0.05, 0.1) is 18.0 Å². The Kier molecular flexibility index (Phi) is 5.01. The Morgan fingerprint density at radius 1 is 1.08 bits per heavy atom. The predicted octanol–water partition coefficient (Wildman–Crippen LogP) is -0.197. The number of nitrogens with one attached hydrogen (secondary N) is 2. The van der Waals surface area contributed by atoms with Crippen molar-refractivity contribution in [3.63, 3.8) is 0 Å². The zero-order valence-electron chi connectivity index (χ0n) is 13.6. The average molecular weight is 345 g/mol. The molecule has 1 aliphatic heterocycles. The second-order valence-electron chi connectivity index (χ2n) is 6.17. The Morgan fingerprint density at radius 2 is 1.76 bits per heavy atom. The molecule has 2 N–H and O–H groups in total. The van der Waals surface area contributed by atoms with Gasteiger partial charge in [-0.15, -0.1) is 0 Å². The van der Waals surface area contributed by atoms with Gasteiger partial charge >= 0.3 is 0 Å². The molecule has 0 aromatic carbocycles. The van der Waals surface area contributed by atoms with Crippen LogP contribution in [0.3, 0.4) is 0 Å². The van der Waals surface area contributed by atoms with Crippen molar-refractivity contribution in [2.24, 2.45) is 11.8 Å². The number of hydrogen-bond donors (Lipinski definition) is 2. The van der Waals surface area contributed by atoms with Crippen molar-refractivity contribution in [2.75, 3.05) is 6.54 Å². The highest BCUT2D eigenvalue weighted by Gasteiger charge is 2.47. The van der Waals surface area contributed by atoms with Crippen molar-refractivity contribution in [1.29, 1.82) is 0 Å². The normalized spacial score (nSPS) is 22.5. The molecule has 9 heteroatoms. The highest BCUT2D eigenvalue weighted by atomic mass is 16.2. The Hall–Kier alpha value is -2.84. The molecule has 2 atom stereocenters. The molecular formula is C16H19N5O4. The van der Waals surface area contributed by atoms with Crippen LogP contribution in [0.5, 0.6) is 0 Å². The zero-order valence-corrected chi connectivity index (χ0v) is 13.6. The molecule has 1 aromatic rings. The van der Waals surface area contributed by atoms with E-state index in [0.29, 0.717) is 0 Å². The predicted molar refractivity (Wildman–Crippen MR) is 84.4 cm³/mol. The summed E-state index contributed by atoms with van der Waals surface area (Å²) in [7, 11) is 0. The minimum atomic E-state index is -0.596. The van der Waals surface area contributed by atoms with Crippen LogP contribution in [0, 0.1) is 11.8 Å². The van der Waals surface area contributed by atoms with Gasteiger partial charge in [0, 0.05) is 25.4 Å². The van der Waals surface area contributed by atoms with Crippen LogP contribution >= 0.6 is 0 Å². The van der Waals surface area contributed by atoms with E-state index < -0.39 is 11.8 Å². The third kappa shape index (κ3) is 3.65. The van der Waals surface area contributed by atoms with Gasteiger partial charge in [0.25, 0.3) is 5.91 Å². The van der Waals surface area contributed by atoms with Gasteiger partial charge in [-0.25, -0.2) is 4.98 Å². The standard InChI is InChI=1S/C16H19N5O4/c22-13(19-20-14(23)12-9-17-6-7-18-12)5-8-21-15(24)10-3-1-2-4-11(10)16(21)25/h6-7,9-11H,1-5,8H2,(H,19,22)(H,20,23). The fourth-order valence-corrected chi connectivity index (χ4v) is 3.33. The first-order chi connectivity index (χ1) is 12.1. The van der Waals surface area contributed by atoms with Crippen molar-refractivity contribution in [1.82, 2.24) is 25.7 Å². The van der Waals surface area contributed by atoms with Crippen molar-refractivity contribution in [3.05, 3.63) is 24.3 Å². The first-order valence-electron chi connectivity index (χ1n) is 8.28. The van der Waals surface area contributed by atoms with Crippen LogP contribution in [0.25, 0.3) is 0 Å². The molecule has 3 rings (SSSR count). The third-order valence-corrected chi connectivity index (χ3v) is 4.61. The van der Waals surface area contributed by atoms with Crippen LogP contribution in [0.2, 0.25) is 0 Å². The Balaban J connectivity index is 1.47. The first kappa shape index (κ1) is 17.0. The van der Waals surface area contributed by atoms with Gasteiger partial charge in [0.15, 0.2) is 0 Å². The number of rotatable bonds is 4. The van der Waals surface area contributed by atoms with E-state index in [1.807, 2.05) is 0 Å². The van der Waals surface area contributed by atoms with E-state index in [1.165, 1.54) is 23.5 Å². The average Bonchev–Trinajstić information content (AvgIpc) is 2.89. The molecule has 1 aromatic heterocycles. The van der Waals surface area contributed by atoms with Crippen LogP contribution in [0.4, 0.5) is 0 Å². The van der Waals surface area contributed by atoms with Gasteiger partial charge < -0.3 is 0 Å². The molecular weight excluding hydrogens is 326 g/mol. The number of aromatic nitrogens is 2. The highest BCUT2D eigenvalue weighted by molar-refractivity contribution is 6.05. The Labute approximate surface area is 144 Å². The highest BCUT2D eigenvalue weighted by Crippen LogP contribution is 2.37. The van der Waals surface area contributed by atoms with Crippen molar-refractivity contribution < 1.29 is 19.2 Å². The molecule has 2 fully saturated rings. The molecule has 1 aliphatic carbocycles. The SMILES string of the molecule is O=C(CCN1C(=O)C2CCCCC2C1=O)NNC(=O)c1cnccn1. The van der Waals surface area contributed by atoms with E-state index in [9.17, 15) is 19.2 Å². The largest absolute Gasteiger partial charge is 0.289 e. The molecule has 9 nitrogen and oxygen atoms in total. The topological polar surface area (TPSA) is 121 Å². The zero-order chi connectivity index (χ0) is 17.8. The number of carbonyl (C=O) groups is 4. The summed E-state index contributed by atoms with van der Waals surface area (Å²) in [5.41, 5.74) is 4.53. The summed E-state index contributed by atoms with van der Waals surface area (Å²) >= 11 is 0. The molecule has 0 radical (unpaired) electrons. The molecule has 25 heavy (non-hydrogen) atoms. The maximum atomic E-state index is 12.3. The number of fused-ring (bicyclic) bond motifs is 1. The smallest absolute Gasteiger partial charge is 0.282 e. The fraction of sp³-hybridized carbons (Fsp3) is 0.500. The maximum Gasteiger partial charge on any atom is 0.289 e. The number of hydrazine groups is 1. The van der Waals surface area contributed by atoms with Crippen LogP contribution in [-0.2, 0) is 14.4 Å². The number of likely N-dealkylation sites (tertiary alicyclic amines) is 1. The molecule has 1 saturated carbocycles. The number of imide groups is 1. The first-order valence-corrected chi connectivity index (χ1v) is 8.28. The second-order valence-corrected chi connectivity index (χ2v) is 6.17. The lowest BCUT2D eigenvalue weighted by Gasteiger charge is -2.19. The van der Waals surface area contributed by atoms with Crippen LogP contribution in [-0.4, -0.2) is 45.0 Å². The summed E-state index contributed by atoms with van der Waals surface area (Å²) in [5, 5.41) is 0. The van der Waals surface area contributed by atoms with Crippen molar-refractivity contribution in [2.45, 2.75) is 32.1 Å². The van der Waals surface area contributed by atoms with Crippen molar-refractivity contribution >= 4 is 23.6 Å². The minimum Gasteiger partial charge on any atom is -0.282 e. The van der Waals surface area contributed by atoms with Crippen molar-refractivity contribution in [3.8, 4) is 0 Å². The van der Waals surface area contributed by atoms with Gasteiger partial charge in [-0.3, -0.25) is 39.9 Å². The van der Waals surface area contributed by atoms with E-state index in [2.05, 4.69) is 20.8 Å². The van der Waals surface area contributed by atoms with Crippen LogP contribution < -0.4 is 10.9 Å². The quantitative estimate of drug-likeness (QED) is 0.576. The molecule has 2 heterocycles. The van der Waals surface area contributed by atoms with E-state index >= 15 is 0 Å². The number of carbonyl (C=O) groups excluding carboxylic acids is 4. The van der Waals surface area contributed by atoms with E-state index in [4.69, 9.17) is 0 Å². The lowest BCUT2D eigenvalue weighted by molar-refractivity contribution is -0.140. The van der Waals surface area contributed by atoms with Gasteiger partial charge in [-0.05, 0) is 12.8 Å². The van der Waals surface area contributed by atoms with Crippen LogP contribution in [0.1, 0.15) is 42.6 Å². The number of amides is 4. The summed E-state index contributed by atoms with van der Waals surface area (Å²) in [4.78, 5) is 56.9. The second kappa shape index (κ2) is 7.37. The lowest BCUT2D eigenvalue weighted by Crippen LogP contribution is -2.43. The molecule has 0 bridgehead atoms. The summed E-state index contributed by atoms with van der Waals surface area (Å²) in [6.45, 7) is 0.0253. The van der Waals surface area contributed by atoms with Crippen LogP contribution in [0.15, 0.2) is 18.6 Å². The monoisotopic (exact) mass is 345 g/mol. The Bertz CT molecular complexity index is 669. The number of hydrogen-bond acceptors (Lipinski definition) is 6. The molecule has 2 unspecified atom stereocenters. The Morgan fingerprint density at radius 3 is 2.36 bits per heavy atom. The summed E-state index contributed by atoms with van der Waals surface area (Å²) < 4.78 is 0. The summed E-state index contributed by atoms with van der Waals surface area (Å²) in [6, 6.07) is 0. The maximum absolute atomic E-state index is 12.3. The van der Waals surface area contributed by atoms with Gasteiger partial charge in [0.2, 0.25) is 17.7 Å². The van der Waals surface area contributed by atoms with Gasteiger partial charge in [-0.1, -0.05) is 12.8 Å². The summed E-state index contributed by atoms with van der Waals surface area (Å²) in [6.07, 6.45) is 7.39. The van der Waals surface area contributed by atoms with E-state index in [0.717, 1.165) is 25.7 Å². The molecule has 0 spiro atoms. The van der Waals surface area contributed by atoms with Gasteiger partial charge in [0.1, 0.15) is 5.69 Å². The van der Waals surface area contributed by atoms with Gasteiger partial charge in [-0.2, -0.15) is 0 Å². The summed E-state index contributed by atoms with van der Waals surface area (Å²) in [5.74, 6) is -1.88. The molecule has 2 aliphatic rings. The number of nitrogens with zero attached hydrogens (tertiary/aromatic N) is 3. The molecule has 4 amide bonds. The van der Waals surface area contributed by atoms with E-state index in [1.54, 1.807) is 0 Å². The van der Waals surface area contributed by atoms with E-state index in [-0.39, 0.29) is 42.3 Å². The fourth-order valence-electron chi connectivity index (χ4n) is 3.33. The minimum absolute atomic E-state index is 0.0253. The molecule has 1 saturated heterocycles. The lowest BCUT2D eigenvalue weighted by atomic mass is 9.81. The molecule has 132 valence electrons. The third-order valence-electron chi connectivity index (χ3n) is 4.61.